The van der Waals surface area contributed by atoms with Crippen LogP contribution in [0.1, 0.15) is 38.8 Å². The summed E-state index contributed by atoms with van der Waals surface area (Å²) in [6.45, 7) is 1.58. The summed E-state index contributed by atoms with van der Waals surface area (Å²) in [5.41, 5.74) is 2.71. The van der Waals surface area contributed by atoms with Gasteiger partial charge in [-0.05, 0) is 65.7 Å². The molecule has 178 valence electrons. The van der Waals surface area contributed by atoms with Crippen molar-refractivity contribution in [3.63, 3.8) is 0 Å². The number of ether oxygens (including phenoxy) is 1. The van der Waals surface area contributed by atoms with E-state index in [1.54, 1.807) is 35.5 Å². The molecule has 3 aromatic rings. The van der Waals surface area contributed by atoms with E-state index in [4.69, 9.17) is 16.3 Å². The van der Waals surface area contributed by atoms with E-state index in [2.05, 4.69) is 27.4 Å². The molecule has 1 unspecified atom stereocenters. The number of hydrogen-bond donors (Lipinski definition) is 0. The first-order valence-corrected chi connectivity index (χ1v) is 13.2. The predicted octanol–water partition coefficient (Wildman–Crippen LogP) is 5.82. The predicted molar refractivity (Wildman–Crippen MR) is 140 cm³/mol. The quantitative estimate of drug-likeness (QED) is 0.326. The van der Waals surface area contributed by atoms with Crippen LogP contribution in [0.3, 0.4) is 0 Å². The third-order valence-corrected chi connectivity index (χ3v) is 7.68. The lowest BCUT2D eigenvalue weighted by atomic mass is 9.93. The Bertz CT molecular complexity index is 1150. The van der Waals surface area contributed by atoms with E-state index in [1.807, 2.05) is 41.3 Å². The van der Waals surface area contributed by atoms with Crippen LogP contribution in [0.25, 0.3) is 0 Å². The highest BCUT2D eigenvalue weighted by Gasteiger charge is 2.34. The van der Waals surface area contributed by atoms with Crippen LogP contribution in [0.15, 0.2) is 64.5 Å². The number of benzene rings is 2. The number of halogens is 2. The molecule has 1 aliphatic rings. The highest BCUT2D eigenvalue weighted by Crippen LogP contribution is 2.38. The third kappa shape index (κ3) is 5.71. The second kappa shape index (κ2) is 11.5. The number of thiophene rings is 1. The van der Waals surface area contributed by atoms with Crippen LogP contribution >= 0.6 is 38.9 Å². The molecule has 0 spiro atoms. The Hall–Kier alpha value is -2.19. The van der Waals surface area contributed by atoms with Crippen molar-refractivity contribution in [3.8, 4) is 0 Å². The van der Waals surface area contributed by atoms with Crippen molar-refractivity contribution < 1.29 is 14.3 Å². The molecule has 2 heterocycles. The summed E-state index contributed by atoms with van der Waals surface area (Å²) in [6, 6.07) is 16.8. The van der Waals surface area contributed by atoms with E-state index in [1.165, 1.54) is 4.88 Å². The molecule has 34 heavy (non-hydrogen) atoms. The van der Waals surface area contributed by atoms with E-state index in [-0.39, 0.29) is 24.4 Å². The Morgan fingerprint density at radius 2 is 2.00 bits per heavy atom. The summed E-state index contributed by atoms with van der Waals surface area (Å²) in [5, 5.41) is 2.74. The van der Waals surface area contributed by atoms with Gasteiger partial charge < -0.3 is 14.5 Å². The second-order valence-electron chi connectivity index (χ2n) is 8.17. The van der Waals surface area contributed by atoms with Gasteiger partial charge in [0.15, 0.2) is 0 Å². The molecule has 4 rings (SSSR count). The molecule has 5 nitrogen and oxygen atoms in total. The smallest absolute Gasteiger partial charge is 0.254 e. The molecule has 1 aromatic heterocycles. The molecule has 8 heteroatoms. The van der Waals surface area contributed by atoms with Crippen molar-refractivity contribution in [3.05, 3.63) is 91.0 Å². The maximum Gasteiger partial charge on any atom is 0.254 e. The second-order valence-corrected chi connectivity index (χ2v) is 10.5. The first-order valence-electron chi connectivity index (χ1n) is 11.1. The highest BCUT2D eigenvalue weighted by atomic mass is 79.9. The third-order valence-electron chi connectivity index (χ3n) is 5.93. The molecule has 0 fully saturated rings. The van der Waals surface area contributed by atoms with Crippen LogP contribution in [0.5, 0.6) is 0 Å². The Morgan fingerprint density at radius 3 is 2.74 bits per heavy atom. The summed E-state index contributed by atoms with van der Waals surface area (Å²) < 4.78 is 6.01. The Labute approximate surface area is 217 Å². The molecule has 2 amide bonds. The van der Waals surface area contributed by atoms with Crippen molar-refractivity contribution in [2.24, 2.45) is 0 Å². The van der Waals surface area contributed by atoms with Gasteiger partial charge in [0.2, 0.25) is 5.91 Å². The minimum absolute atomic E-state index is 0.0125. The summed E-state index contributed by atoms with van der Waals surface area (Å²) in [5.74, 6) is -0.236. The molecule has 0 saturated heterocycles. The molecule has 2 aromatic carbocycles. The van der Waals surface area contributed by atoms with Crippen LogP contribution < -0.4 is 0 Å². The van der Waals surface area contributed by atoms with E-state index < -0.39 is 0 Å². The average Bonchev–Trinajstić information content (AvgIpc) is 3.32. The van der Waals surface area contributed by atoms with Gasteiger partial charge in [0.05, 0.1) is 6.04 Å². The fraction of sp³-hybridized carbons (Fsp3) is 0.308. The van der Waals surface area contributed by atoms with Gasteiger partial charge in [0, 0.05) is 46.7 Å². The van der Waals surface area contributed by atoms with E-state index in [0.717, 1.165) is 22.0 Å². The number of carbonyl (C=O) groups is 2. The van der Waals surface area contributed by atoms with Crippen LogP contribution in [0.2, 0.25) is 5.02 Å². The lowest BCUT2D eigenvalue weighted by Gasteiger charge is -2.37. The topological polar surface area (TPSA) is 49.9 Å². The molecular formula is C26H26BrClN2O3S. The normalized spacial score (nSPS) is 15.1. The minimum Gasteiger partial charge on any atom is -0.385 e. The van der Waals surface area contributed by atoms with Gasteiger partial charge in [-0.15, -0.1) is 11.3 Å². The van der Waals surface area contributed by atoms with Gasteiger partial charge >= 0.3 is 0 Å². The minimum atomic E-state index is -0.193. The van der Waals surface area contributed by atoms with Crippen molar-refractivity contribution in [1.82, 2.24) is 9.80 Å². The SMILES string of the molecule is COCCCN(CC(=O)N1CCc2sccc2C1c1ccc(Cl)cc1)C(=O)c1cccc(Br)c1. The van der Waals surface area contributed by atoms with E-state index >= 15 is 0 Å². The average molecular weight is 562 g/mol. The zero-order valence-electron chi connectivity index (χ0n) is 18.9. The lowest BCUT2D eigenvalue weighted by molar-refractivity contribution is -0.134. The number of methoxy groups -OCH3 is 1. The number of rotatable bonds is 8. The molecule has 0 aliphatic carbocycles. The van der Waals surface area contributed by atoms with Crippen molar-refractivity contribution >= 4 is 50.7 Å². The van der Waals surface area contributed by atoms with Gasteiger partial charge in [0.1, 0.15) is 6.54 Å². The fourth-order valence-electron chi connectivity index (χ4n) is 4.30. The lowest BCUT2D eigenvalue weighted by Crippen LogP contribution is -2.47. The van der Waals surface area contributed by atoms with Gasteiger partial charge in [0.25, 0.3) is 5.91 Å². The molecule has 0 bridgehead atoms. The number of fused-ring (bicyclic) bond motifs is 1. The van der Waals surface area contributed by atoms with Crippen LogP contribution in [0, 0.1) is 0 Å². The summed E-state index contributed by atoms with van der Waals surface area (Å²) in [7, 11) is 1.63. The molecule has 1 atom stereocenters. The molecule has 1 aliphatic heterocycles. The van der Waals surface area contributed by atoms with Gasteiger partial charge in [-0.1, -0.05) is 45.7 Å². The molecular weight excluding hydrogens is 536 g/mol. The van der Waals surface area contributed by atoms with Crippen molar-refractivity contribution in [2.45, 2.75) is 18.9 Å². The van der Waals surface area contributed by atoms with Gasteiger partial charge in [-0.25, -0.2) is 0 Å². The number of nitrogens with zero attached hydrogens (tertiary/aromatic N) is 2. The standard InChI is InChI=1S/C26H26BrClN2O3S/c1-33-14-3-12-29(26(32)19-4-2-5-20(27)16-19)17-24(31)30-13-10-23-22(11-15-34-23)25(30)18-6-8-21(28)9-7-18/h2,4-9,11,15-16,25H,3,10,12-14,17H2,1H3. The van der Waals surface area contributed by atoms with Gasteiger partial charge in [-0.3, -0.25) is 9.59 Å². The highest BCUT2D eigenvalue weighted by molar-refractivity contribution is 9.10. The van der Waals surface area contributed by atoms with Crippen LogP contribution in [-0.2, 0) is 16.0 Å². The number of amides is 2. The Kier molecular flexibility index (Phi) is 8.42. The van der Waals surface area contributed by atoms with E-state index in [0.29, 0.717) is 36.7 Å². The first kappa shape index (κ1) is 24.9. The van der Waals surface area contributed by atoms with Gasteiger partial charge in [-0.2, -0.15) is 0 Å². The first-order chi connectivity index (χ1) is 16.5. The Balaban J connectivity index is 1.60. The zero-order valence-corrected chi connectivity index (χ0v) is 22.0. The molecule has 0 radical (unpaired) electrons. The van der Waals surface area contributed by atoms with Crippen molar-refractivity contribution in [2.75, 3.05) is 33.4 Å². The number of carbonyl (C=O) groups excluding carboxylic acids is 2. The summed E-state index contributed by atoms with van der Waals surface area (Å²) in [6.07, 6.45) is 1.46. The number of hydrogen-bond acceptors (Lipinski definition) is 4. The summed E-state index contributed by atoms with van der Waals surface area (Å²) >= 11 is 11.3. The van der Waals surface area contributed by atoms with Crippen LogP contribution in [-0.4, -0.2) is 55.0 Å². The maximum absolute atomic E-state index is 13.7. The Morgan fingerprint density at radius 1 is 1.21 bits per heavy atom. The van der Waals surface area contributed by atoms with Crippen LogP contribution in [0.4, 0.5) is 0 Å². The zero-order chi connectivity index (χ0) is 24.1. The summed E-state index contributed by atoms with van der Waals surface area (Å²) in [4.78, 5) is 31.9. The largest absolute Gasteiger partial charge is 0.385 e. The van der Waals surface area contributed by atoms with E-state index in [9.17, 15) is 9.59 Å². The molecule has 0 N–H and O–H groups in total. The monoisotopic (exact) mass is 560 g/mol. The van der Waals surface area contributed by atoms with Crippen molar-refractivity contribution in [1.29, 1.82) is 0 Å². The molecule has 0 saturated carbocycles. The maximum atomic E-state index is 13.7. The fourth-order valence-corrected chi connectivity index (χ4v) is 5.73.